The van der Waals surface area contributed by atoms with Crippen molar-refractivity contribution in [2.24, 2.45) is 17.6 Å². The fourth-order valence-corrected chi connectivity index (χ4v) is 3.46. The van der Waals surface area contributed by atoms with Gasteiger partial charge in [0.05, 0.1) is 12.1 Å². The molecule has 0 rings (SSSR count). The zero-order chi connectivity index (χ0) is 25.0. The van der Waals surface area contributed by atoms with Crippen molar-refractivity contribution >= 4 is 35.5 Å². The van der Waals surface area contributed by atoms with Crippen LogP contribution >= 0.6 is 11.8 Å². The molecule has 0 aliphatic rings. The van der Waals surface area contributed by atoms with Crippen molar-refractivity contribution in [1.29, 1.82) is 0 Å². The van der Waals surface area contributed by atoms with Gasteiger partial charge in [0.2, 0.25) is 17.7 Å². The van der Waals surface area contributed by atoms with Gasteiger partial charge in [-0.1, -0.05) is 27.7 Å². The van der Waals surface area contributed by atoms with Crippen molar-refractivity contribution in [2.45, 2.75) is 84.2 Å². The van der Waals surface area contributed by atoms with Crippen molar-refractivity contribution < 1.29 is 29.4 Å². The third-order valence-corrected chi connectivity index (χ3v) is 5.34. The number of hydrogen-bond donors (Lipinski definition) is 6. The van der Waals surface area contributed by atoms with E-state index in [9.17, 15) is 29.4 Å². The number of aliphatic hydroxyl groups excluding tert-OH is 1. The van der Waals surface area contributed by atoms with E-state index in [0.717, 1.165) is 0 Å². The maximum Gasteiger partial charge on any atom is 0.328 e. The minimum Gasteiger partial charge on any atom is -0.480 e. The Kier molecular flexibility index (Phi) is 14.2. The van der Waals surface area contributed by atoms with Crippen LogP contribution in [0.4, 0.5) is 0 Å². The highest BCUT2D eigenvalue weighted by molar-refractivity contribution is 7.98. The number of nitrogens with one attached hydrogen (secondary N) is 3. The summed E-state index contributed by atoms with van der Waals surface area (Å²) >= 11 is 1.57. The second-order valence-electron chi connectivity index (χ2n) is 8.83. The highest BCUT2D eigenvalue weighted by atomic mass is 32.2. The number of hydrogen-bond acceptors (Lipinski definition) is 7. The maximum absolute atomic E-state index is 13.0. The van der Waals surface area contributed by atoms with Gasteiger partial charge in [-0.05, 0) is 50.0 Å². The van der Waals surface area contributed by atoms with E-state index in [1.165, 1.54) is 6.92 Å². The van der Waals surface area contributed by atoms with E-state index in [0.29, 0.717) is 18.6 Å². The Labute approximate surface area is 194 Å². The third kappa shape index (κ3) is 11.7. The lowest BCUT2D eigenvalue weighted by molar-refractivity contribution is -0.145. The van der Waals surface area contributed by atoms with Crippen LogP contribution < -0.4 is 21.7 Å². The summed E-state index contributed by atoms with van der Waals surface area (Å²) in [5, 5.41) is 26.4. The van der Waals surface area contributed by atoms with E-state index >= 15 is 0 Å². The number of carboxylic acid groups (broad SMARTS) is 1. The van der Waals surface area contributed by atoms with Crippen LogP contribution in [0.3, 0.4) is 0 Å². The molecule has 0 aromatic carbocycles. The number of aliphatic hydroxyl groups is 1. The van der Waals surface area contributed by atoms with Gasteiger partial charge in [-0.15, -0.1) is 0 Å². The summed E-state index contributed by atoms with van der Waals surface area (Å²) in [6, 6.07) is -4.17. The van der Waals surface area contributed by atoms with Gasteiger partial charge in [0.25, 0.3) is 0 Å². The van der Waals surface area contributed by atoms with Crippen LogP contribution in [0.5, 0.6) is 0 Å². The van der Waals surface area contributed by atoms with E-state index in [1.807, 2.05) is 34.0 Å². The van der Waals surface area contributed by atoms with Crippen LogP contribution in [-0.4, -0.2) is 76.2 Å². The number of rotatable bonds is 15. The van der Waals surface area contributed by atoms with Crippen molar-refractivity contribution in [3.8, 4) is 0 Å². The van der Waals surface area contributed by atoms with Crippen molar-refractivity contribution in [3.05, 3.63) is 0 Å². The SMILES string of the molecule is CSCCC(N)C(=O)NC(CC(C)C)C(=O)NC(CC(C)C)C(=O)NC(C(=O)O)C(C)O. The lowest BCUT2D eigenvalue weighted by Gasteiger charge is -2.27. The van der Waals surface area contributed by atoms with Crippen molar-refractivity contribution in [1.82, 2.24) is 16.0 Å². The molecule has 0 saturated carbocycles. The van der Waals surface area contributed by atoms with Crippen molar-refractivity contribution in [3.63, 3.8) is 0 Å². The summed E-state index contributed by atoms with van der Waals surface area (Å²) in [5.41, 5.74) is 5.91. The molecule has 7 N–H and O–H groups in total. The first-order valence-corrected chi connectivity index (χ1v) is 12.3. The highest BCUT2D eigenvalue weighted by Gasteiger charge is 2.32. The molecule has 0 saturated heterocycles. The average molecular weight is 477 g/mol. The number of aliphatic carboxylic acids is 1. The molecule has 0 aliphatic carbocycles. The second-order valence-corrected chi connectivity index (χ2v) is 9.82. The fourth-order valence-electron chi connectivity index (χ4n) is 2.98. The van der Waals surface area contributed by atoms with Gasteiger partial charge >= 0.3 is 5.97 Å². The van der Waals surface area contributed by atoms with Gasteiger partial charge in [0.1, 0.15) is 12.1 Å². The smallest absolute Gasteiger partial charge is 0.328 e. The van der Waals surface area contributed by atoms with E-state index < -0.39 is 54.0 Å². The number of amides is 3. The van der Waals surface area contributed by atoms with Crippen LogP contribution in [0.15, 0.2) is 0 Å². The molecule has 11 heteroatoms. The topological polar surface area (TPSA) is 171 Å². The van der Waals surface area contributed by atoms with Gasteiger partial charge in [-0.2, -0.15) is 11.8 Å². The quantitative estimate of drug-likeness (QED) is 0.193. The van der Waals surface area contributed by atoms with E-state index in [2.05, 4.69) is 16.0 Å². The molecular formula is C21H40N4O6S. The Hall–Kier alpha value is -1.85. The maximum atomic E-state index is 13.0. The predicted octanol–water partition coefficient (Wildman–Crippen LogP) is 0.0788. The fraction of sp³-hybridized carbons (Fsp3) is 0.810. The molecule has 0 aromatic rings. The van der Waals surface area contributed by atoms with E-state index in [4.69, 9.17) is 5.73 Å². The number of thioether (sulfide) groups is 1. The summed E-state index contributed by atoms with van der Waals surface area (Å²) < 4.78 is 0. The first-order valence-electron chi connectivity index (χ1n) is 10.9. The molecule has 0 radical (unpaired) electrons. The monoisotopic (exact) mass is 476 g/mol. The summed E-state index contributed by atoms with van der Waals surface area (Å²) in [4.78, 5) is 49.5. The standard InChI is InChI=1S/C21H40N4O6S/c1-11(2)9-15(23-18(27)14(22)7-8-32-6)19(28)24-16(10-12(3)4)20(29)25-17(13(5)26)21(30)31/h11-17,26H,7-10,22H2,1-6H3,(H,23,27)(H,24,28)(H,25,29)(H,30,31). The zero-order valence-electron chi connectivity index (χ0n) is 19.9. The highest BCUT2D eigenvalue weighted by Crippen LogP contribution is 2.10. The molecule has 0 spiro atoms. The molecule has 5 unspecified atom stereocenters. The molecule has 186 valence electrons. The molecule has 0 aromatic heterocycles. The normalized spacial score (nSPS) is 16.1. The molecule has 0 heterocycles. The first-order chi connectivity index (χ1) is 14.8. The minimum absolute atomic E-state index is 0.0129. The summed E-state index contributed by atoms with van der Waals surface area (Å²) in [6.07, 6.45) is 1.65. The number of carbonyl (C=O) groups excluding carboxylic acids is 3. The first kappa shape index (κ1) is 30.1. The van der Waals surface area contributed by atoms with Crippen molar-refractivity contribution in [2.75, 3.05) is 12.0 Å². The number of carboxylic acids is 1. The lowest BCUT2D eigenvalue weighted by atomic mass is 9.99. The Balaban J connectivity index is 5.45. The number of nitrogens with two attached hydrogens (primary N) is 1. The largest absolute Gasteiger partial charge is 0.480 e. The molecule has 0 fully saturated rings. The van der Waals surface area contributed by atoms with Gasteiger partial charge in [0.15, 0.2) is 6.04 Å². The Morgan fingerprint density at radius 1 is 0.844 bits per heavy atom. The Bertz CT molecular complexity index is 629. The average Bonchev–Trinajstić information content (AvgIpc) is 2.67. The Morgan fingerprint density at radius 2 is 1.28 bits per heavy atom. The summed E-state index contributed by atoms with van der Waals surface area (Å²) in [6.45, 7) is 8.77. The third-order valence-electron chi connectivity index (χ3n) is 4.70. The van der Waals surface area contributed by atoms with Crippen LogP contribution in [0.2, 0.25) is 0 Å². The zero-order valence-corrected chi connectivity index (χ0v) is 20.7. The summed E-state index contributed by atoms with van der Waals surface area (Å²) in [7, 11) is 0. The second kappa shape index (κ2) is 15.1. The van der Waals surface area contributed by atoms with Gasteiger partial charge in [-0.3, -0.25) is 14.4 Å². The van der Waals surface area contributed by atoms with E-state index in [-0.39, 0.29) is 18.3 Å². The molecule has 3 amide bonds. The Morgan fingerprint density at radius 3 is 1.66 bits per heavy atom. The molecule has 5 atom stereocenters. The van der Waals surface area contributed by atoms with Crippen LogP contribution in [0.1, 0.15) is 53.9 Å². The lowest BCUT2D eigenvalue weighted by Crippen LogP contribution is -2.58. The molecule has 32 heavy (non-hydrogen) atoms. The van der Waals surface area contributed by atoms with E-state index in [1.54, 1.807) is 11.8 Å². The van der Waals surface area contributed by atoms with Crippen LogP contribution in [0, 0.1) is 11.8 Å². The van der Waals surface area contributed by atoms with Gasteiger partial charge < -0.3 is 31.9 Å². The predicted molar refractivity (Wildman–Crippen MR) is 125 cm³/mol. The summed E-state index contributed by atoms with van der Waals surface area (Å²) in [5.74, 6) is -2.28. The molecule has 0 bridgehead atoms. The minimum atomic E-state index is -1.50. The molecular weight excluding hydrogens is 436 g/mol. The number of carbonyl (C=O) groups is 4. The van der Waals surface area contributed by atoms with Crippen LogP contribution in [-0.2, 0) is 19.2 Å². The van der Waals surface area contributed by atoms with Gasteiger partial charge in [-0.25, -0.2) is 4.79 Å². The molecule has 10 nitrogen and oxygen atoms in total. The van der Waals surface area contributed by atoms with Gasteiger partial charge in [0, 0.05) is 0 Å². The van der Waals surface area contributed by atoms with Crippen LogP contribution in [0.25, 0.3) is 0 Å². The molecule has 0 aliphatic heterocycles.